The lowest BCUT2D eigenvalue weighted by atomic mass is 10.1. The normalized spacial score (nSPS) is 10.5. The third-order valence-corrected chi connectivity index (χ3v) is 4.58. The Balaban J connectivity index is 2.09. The summed E-state index contributed by atoms with van der Waals surface area (Å²) in [5.41, 5.74) is 0.0464. The number of amides is 3. The standard InChI is InChI=1S/C21H16N2O12/c24-10-1-7(2-11(25)16(10)30)19(33)22-23(20(34)8-3-12(26)17(31)13(27)4-8)21(35)9-5-14(28)18(32)15(29)6-9/h1-6,24-32H,(H,22,33). The highest BCUT2D eigenvalue weighted by molar-refractivity contribution is 6.12. The smallest absolute Gasteiger partial charge is 0.280 e. The number of hydrazine groups is 1. The summed E-state index contributed by atoms with van der Waals surface area (Å²) < 4.78 is 0. The molecule has 3 rings (SSSR count). The fourth-order valence-corrected chi connectivity index (χ4v) is 2.81. The van der Waals surface area contributed by atoms with Crippen molar-refractivity contribution in [2.75, 3.05) is 0 Å². The highest BCUT2D eigenvalue weighted by atomic mass is 16.3. The zero-order valence-corrected chi connectivity index (χ0v) is 17.2. The molecule has 3 aromatic rings. The number of phenols is 9. The number of carbonyl (C=O) groups excluding carboxylic acids is 3. The third-order valence-electron chi connectivity index (χ3n) is 4.58. The van der Waals surface area contributed by atoms with Gasteiger partial charge in [0.15, 0.2) is 51.7 Å². The van der Waals surface area contributed by atoms with E-state index < -0.39 is 86.2 Å². The van der Waals surface area contributed by atoms with E-state index in [1.54, 1.807) is 0 Å². The molecule has 14 heteroatoms. The Morgan fingerprint density at radius 3 is 1.03 bits per heavy atom. The van der Waals surface area contributed by atoms with Crippen molar-refractivity contribution in [3.63, 3.8) is 0 Å². The number of carbonyl (C=O) groups is 3. The first kappa shape index (κ1) is 24.1. The number of rotatable bonds is 3. The maximum atomic E-state index is 13.0. The number of nitrogens with one attached hydrogen (secondary N) is 1. The van der Waals surface area contributed by atoms with E-state index in [1.165, 1.54) is 0 Å². The molecule has 0 spiro atoms. The minimum Gasteiger partial charge on any atom is -0.504 e. The van der Waals surface area contributed by atoms with Crippen molar-refractivity contribution in [1.82, 2.24) is 10.4 Å². The van der Waals surface area contributed by atoms with E-state index in [1.807, 2.05) is 5.43 Å². The first-order valence-electron chi connectivity index (χ1n) is 9.26. The Labute approximate surface area is 194 Å². The van der Waals surface area contributed by atoms with Crippen LogP contribution in [0.3, 0.4) is 0 Å². The molecule has 0 bridgehead atoms. The van der Waals surface area contributed by atoms with Gasteiger partial charge in [0.1, 0.15) is 0 Å². The summed E-state index contributed by atoms with van der Waals surface area (Å²) in [4.78, 5) is 38.8. The molecule has 0 radical (unpaired) electrons. The van der Waals surface area contributed by atoms with Gasteiger partial charge < -0.3 is 46.0 Å². The lowest BCUT2D eigenvalue weighted by Crippen LogP contribution is -2.49. The predicted octanol–water partition coefficient (Wildman–Crippen LogP) is 0.665. The zero-order valence-electron chi connectivity index (χ0n) is 17.2. The van der Waals surface area contributed by atoms with Crippen molar-refractivity contribution in [1.29, 1.82) is 0 Å². The highest BCUT2D eigenvalue weighted by Gasteiger charge is 2.30. The summed E-state index contributed by atoms with van der Waals surface area (Å²) in [5, 5.41) is 86.4. The topological polar surface area (TPSA) is 249 Å². The molecule has 10 N–H and O–H groups in total. The third kappa shape index (κ3) is 4.51. The summed E-state index contributed by atoms with van der Waals surface area (Å²) in [5.74, 6) is -12.7. The molecule has 0 atom stereocenters. The molecule has 3 amide bonds. The van der Waals surface area contributed by atoms with Gasteiger partial charge in [0.2, 0.25) is 0 Å². The Morgan fingerprint density at radius 2 is 0.743 bits per heavy atom. The van der Waals surface area contributed by atoms with Gasteiger partial charge in [0.05, 0.1) is 0 Å². The second-order valence-corrected chi connectivity index (χ2v) is 6.98. The van der Waals surface area contributed by atoms with Gasteiger partial charge in [-0.05, 0) is 36.4 Å². The number of phenolic OH excluding ortho intramolecular Hbond substituents is 9. The average Bonchev–Trinajstić information content (AvgIpc) is 2.80. The van der Waals surface area contributed by atoms with Crippen LogP contribution in [0.25, 0.3) is 0 Å². The van der Waals surface area contributed by atoms with Crippen molar-refractivity contribution in [3.05, 3.63) is 53.1 Å². The molecule has 0 heterocycles. The Morgan fingerprint density at radius 1 is 0.486 bits per heavy atom. The van der Waals surface area contributed by atoms with Crippen molar-refractivity contribution >= 4 is 17.7 Å². The molecule has 0 saturated heterocycles. The molecule has 3 aromatic carbocycles. The van der Waals surface area contributed by atoms with Gasteiger partial charge in [0, 0.05) is 16.7 Å². The fourth-order valence-electron chi connectivity index (χ4n) is 2.81. The average molecular weight is 488 g/mol. The van der Waals surface area contributed by atoms with E-state index in [9.17, 15) is 60.3 Å². The minimum absolute atomic E-state index is 0.0137. The summed E-state index contributed by atoms with van der Waals surface area (Å²) in [6.07, 6.45) is 0. The first-order valence-corrected chi connectivity index (χ1v) is 9.26. The molecule has 182 valence electrons. The predicted molar refractivity (Wildman–Crippen MR) is 112 cm³/mol. The zero-order chi connectivity index (χ0) is 26.2. The molecule has 0 aromatic heterocycles. The van der Waals surface area contributed by atoms with Gasteiger partial charge in [-0.15, -0.1) is 0 Å². The van der Waals surface area contributed by atoms with Crippen molar-refractivity contribution in [2.24, 2.45) is 0 Å². The maximum Gasteiger partial charge on any atom is 0.280 e. The molecule has 0 aliphatic rings. The molecule has 0 saturated carbocycles. The summed E-state index contributed by atoms with van der Waals surface area (Å²) >= 11 is 0. The minimum atomic E-state index is -1.41. The second kappa shape index (κ2) is 8.78. The monoisotopic (exact) mass is 488 g/mol. The van der Waals surface area contributed by atoms with Gasteiger partial charge in [0.25, 0.3) is 17.7 Å². The van der Waals surface area contributed by atoms with Crippen LogP contribution >= 0.6 is 0 Å². The Hall–Kier alpha value is -5.53. The fraction of sp³-hybridized carbons (Fsp3) is 0. The molecule has 0 aliphatic carbocycles. The van der Waals surface area contributed by atoms with E-state index in [2.05, 4.69) is 0 Å². The number of hydrogen-bond donors (Lipinski definition) is 10. The van der Waals surface area contributed by atoms with E-state index >= 15 is 0 Å². The van der Waals surface area contributed by atoms with Crippen LogP contribution in [0.1, 0.15) is 31.1 Å². The van der Waals surface area contributed by atoms with Gasteiger partial charge in [-0.1, -0.05) is 0 Å². The number of hydrogen-bond acceptors (Lipinski definition) is 12. The van der Waals surface area contributed by atoms with Crippen LogP contribution in [0, 0.1) is 0 Å². The number of nitrogens with zero attached hydrogens (tertiary/aromatic N) is 1. The van der Waals surface area contributed by atoms with Crippen molar-refractivity contribution in [3.8, 4) is 51.7 Å². The molecular formula is C21H16N2O12. The number of imide groups is 1. The quantitative estimate of drug-likeness (QED) is 0.139. The maximum absolute atomic E-state index is 13.0. The largest absolute Gasteiger partial charge is 0.504 e. The van der Waals surface area contributed by atoms with E-state index in [4.69, 9.17) is 0 Å². The molecule has 0 fully saturated rings. The summed E-state index contributed by atoms with van der Waals surface area (Å²) in [7, 11) is 0. The lowest BCUT2D eigenvalue weighted by molar-refractivity contribution is 0.0483. The Bertz CT molecular complexity index is 1250. The number of aromatic hydroxyl groups is 9. The molecule has 0 unspecified atom stereocenters. The van der Waals surface area contributed by atoms with Crippen molar-refractivity contribution in [2.45, 2.75) is 0 Å². The number of benzene rings is 3. The highest BCUT2D eigenvalue weighted by Crippen LogP contribution is 2.38. The van der Waals surface area contributed by atoms with E-state index in [-0.39, 0.29) is 5.01 Å². The van der Waals surface area contributed by atoms with Crippen LogP contribution < -0.4 is 5.43 Å². The molecule has 0 aliphatic heterocycles. The van der Waals surface area contributed by atoms with Gasteiger partial charge in [-0.3, -0.25) is 19.8 Å². The summed E-state index contributed by atoms with van der Waals surface area (Å²) in [6.45, 7) is 0. The van der Waals surface area contributed by atoms with Crippen LogP contribution in [0.2, 0.25) is 0 Å². The summed E-state index contributed by atoms with van der Waals surface area (Å²) in [6, 6.07) is 3.96. The first-order chi connectivity index (χ1) is 16.3. The van der Waals surface area contributed by atoms with Crippen LogP contribution in [0.4, 0.5) is 0 Å². The van der Waals surface area contributed by atoms with Gasteiger partial charge in [-0.25, -0.2) is 0 Å². The van der Waals surface area contributed by atoms with Crippen LogP contribution in [0.15, 0.2) is 36.4 Å². The van der Waals surface area contributed by atoms with E-state index in [0.29, 0.717) is 36.4 Å². The van der Waals surface area contributed by atoms with Crippen LogP contribution in [-0.4, -0.2) is 68.7 Å². The van der Waals surface area contributed by atoms with Gasteiger partial charge in [-0.2, -0.15) is 5.01 Å². The van der Waals surface area contributed by atoms with Gasteiger partial charge >= 0.3 is 0 Å². The van der Waals surface area contributed by atoms with Crippen molar-refractivity contribution < 1.29 is 60.3 Å². The second-order valence-electron chi connectivity index (χ2n) is 6.98. The SMILES string of the molecule is O=C(NN(C(=O)c1cc(O)c(O)c(O)c1)C(=O)c1cc(O)c(O)c(O)c1)c1cc(O)c(O)c(O)c1. The Kier molecular flexibility index (Phi) is 6.05. The lowest BCUT2D eigenvalue weighted by Gasteiger charge is -2.22. The van der Waals surface area contributed by atoms with Crippen LogP contribution in [0.5, 0.6) is 51.7 Å². The molecule has 35 heavy (non-hydrogen) atoms. The van der Waals surface area contributed by atoms with Crippen LogP contribution in [-0.2, 0) is 0 Å². The van der Waals surface area contributed by atoms with E-state index in [0.717, 1.165) is 0 Å². The molecule has 14 nitrogen and oxygen atoms in total. The molecular weight excluding hydrogens is 472 g/mol.